The van der Waals surface area contributed by atoms with Crippen molar-refractivity contribution in [3.05, 3.63) is 76.6 Å². The van der Waals surface area contributed by atoms with Crippen LogP contribution in [0.1, 0.15) is 69.4 Å². The van der Waals surface area contributed by atoms with Crippen LogP contribution in [0.25, 0.3) is 15.8 Å². The van der Waals surface area contributed by atoms with Gasteiger partial charge in [-0.15, -0.1) is 0 Å². The van der Waals surface area contributed by atoms with Crippen LogP contribution in [0, 0.1) is 33.0 Å². The quantitative estimate of drug-likeness (QED) is 0.0466. The second-order valence-corrected chi connectivity index (χ2v) is 17.9. The highest BCUT2D eigenvalue weighted by Gasteiger charge is 3.02. The topological polar surface area (TPSA) is 228 Å². The zero-order chi connectivity index (χ0) is 40.3. The van der Waals surface area contributed by atoms with Gasteiger partial charge in [-0.2, -0.15) is 0 Å². The molecule has 2 unspecified atom stereocenters. The Hall–Kier alpha value is -4.54. The molecule has 14 nitrogen and oxygen atoms in total. The first kappa shape index (κ1) is 39.7. The number of anilines is 2. The molecule has 4 fully saturated rings. The fraction of sp³-hybridized carbons (Fsp3) is 0.512. The van der Waals surface area contributed by atoms with E-state index in [1.54, 1.807) is 30.2 Å². The van der Waals surface area contributed by atoms with Gasteiger partial charge in [-0.3, -0.25) is 0 Å². The number of aromatic carboxylic acids is 1. The van der Waals surface area contributed by atoms with Gasteiger partial charge in [0.25, 0.3) is 0 Å². The maximum Gasteiger partial charge on any atom is 0.355 e. The molecule has 3 aromatic rings. The second-order valence-electron chi connectivity index (χ2n) is 16.9. The summed E-state index contributed by atoms with van der Waals surface area (Å²) in [5.74, 6) is -0.387. The van der Waals surface area contributed by atoms with Gasteiger partial charge >= 0.3 is 5.97 Å². The molecule has 2 heterocycles. The van der Waals surface area contributed by atoms with E-state index in [1.807, 2.05) is 38.1 Å². The maximum atomic E-state index is 12.6. The molecular formula is C41H55N9O5S. The fourth-order valence-electron chi connectivity index (χ4n) is 12.0. The molecule has 2 aromatic heterocycles. The number of aromatic nitrogens is 2. The summed E-state index contributed by atoms with van der Waals surface area (Å²) < 4.78 is 7.77. The van der Waals surface area contributed by atoms with Crippen LogP contribution < -0.4 is 32.3 Å². The Morgan fingerprint density at radius 3 is 2.39 bits per heavy atom. The Bertz CT molecular complexity index is 2090. The third kappa shape index (κ3) is 5.89. The standard InChI is InChI=1S/C41H55N9O5S/c1-24(34(44)49-36-47-29-8-6-7-9-30(29)56-36)14-31(43)50(5)32-11-10-27(33(48-32)35(53)54)28(15-42)25(2)46-23-39-19-37(3)21-40(22-38(4,20-39)41(37,39)40)55-13-12-45-16-26(17-51)18-52/h6-11,14-15,26,42,45-46,51-52H,12-13,16-23,43-44H2,1-5H3,(H,47,49)(H,53,54)/b28-25+,31-14+,34-24+,42-15?. The molecule has 4 aliphatic rings. The lowest BCUT2D eigenvalue weighted by Gasteiger charge is -3.02. The highest BCUT2D eigenvalue weighted by Crippen LogP contribution is 3.03. The molecule has 7 rings (SSSR count). The normalized spacial score (nSPS) is 29.4. The summed E-state index contributed by atoms with van der Waals surface area (Å²) in [5, 5.41) is 48.2. The first-order valence-corrected chi connectivity index (χ1v) is 20.0. The number of carboxylic acid groups (broad SMARTS) is 1. The van der Waals surface area contributed by atoms with Crippen molar-refractivity contribution in [1.82, 2.24) is 20.6 Å². The number of carboxylic acids is 1. The van der Waals surface area contributed by atoms with Crippen LogP contribution in [0.2, 0.25) is 0 Å². The zero-order valence-electron chi connectivity index (χ0n) is 32.8. The molecule has 15 heteroatoms. The van der Waals surface area contributed by atoms with Crippen molar-refractivity contribution < 1.29 is 24.9 Å². The van der Waals surface area contributed by atoms with Crippen molar-refractivity contribution in [2.24, 2.45) is 39.0 Å². The van der Waals surface area contributed by atoms with Crippen molar-refractivity contribution in [1.29, 1.82) is 5.41 Å². The number of hydrogen-bond donors (Lipinski definition) is 9. The second kappa shape index (κ2) is 14.4. The molecule has 300 valence electrons. The number of pyridine rings is 1. The SMILES string of the molecule is C/C(NCC12CC3(C)CC4(OCCNCC(CO)CO)CC(C)(C1)C324)=C(/C=N)c1ccc(N(C)/C(N)=C/C(C)=C(\N)Nc2nc3ccccc3s2)nc1C(=O)O. The summed E-state index contributed by atoms with van der Waals surface area (Å²) >= 11 is 1.49. The lowest BCUT2D eigenvalue weighted by atomic mass is 9.03. The minimum atomic E-state index is -1.21. The minimum Gasteiger partial charge on any atom is -0.476 e. The molecular weight excluding hydrogens is 731 g/mol. The molecule has 0 radical (unpaired) electrons. The van der Waals surface area contributed by atoms with Gasteiger partial charge in [0, 0.05) is 74.3 Å². The summed E-state index contributed by atoms with van der Waals surface area (Å²) in [6.45, 7) is 10.9. The smallest absolute Gasteiger partial charge is 0.355 e. The van der Waals surface area contributed by atoms with Crippen molar-refractivity contribution >= 4 is 50.3 Å². The van der Waals surface area contributed by atoms with Crippen LogP contribution in [-0.4, -0.2) is 89.6 Å². The summed E-state index contributed by atoms with van der Waals surface area (Å²) in [6.07, 6.45) is 7.17. The number of hydrogen-bond acceptors (Lipinski definition) is 14. The number of thiazole rings is 1. The average molecular weight is 786 g/mol. The number of para-hydroxylation sites is 1. The molecule has 0 bridgehead atoms. The first-order valence-electron chi connectivity index (χ1n) is 19.2. The number of fused-ring (bicyclic) bond motifs is 1. The van der Waals surface area contributed by atoms with E-state index in [0.29, 0.717) is 71.2 Å². The third-order valence-corrected chi connectivity index (χ3v) is 14.3. The Morgan fingerprint density at radius 1 is 1.07 bits per heavy atom. The van der Waals surface area contributed by atoms with Gasteiger partial charge in [-0.25, -0.2) is 14.8 Å². The van der Waals surface area contributed by atoms with Crippen LogP contribution in [0.5, 0.6) is 0 Å². The number of ether oxygens (including phenoxy) is 1. The highest BCUT2D eigenvalue weighted by atomic mass is 32.1. The van der Waals surface area contributed by atoms with Gasteiger partial charge < -0.3 is 57.8 Å². The van der Waals surface area contributed by atoms with E-state index < -0.39 is 5.97 Å². The molecule has 2 atom stereocenters. The number of aliphatic hydroxyl groups is 2. The van der Waals surface area contributed by atoms with Crippen LogP contribution >= 0.6 is 11.3 Å². The molecule has 0 amide bonds. The van der Waals surface area contributed by atoms with E-state index in [9.17, 15) is 20.1 Å². The van der Waals surface area contributed by atoms with Gasteiger partial charge in [0.2, 0.25) is 0 Å². The van der Waals surface area contributed by atoms with Gasteiger partial charge in [0.15, 0.2) is 10.8 Å². The average Bonchev–Trinajstić information content (AvgIpc) is 3.56. The molecule has 1 spiro atoms. The van der Waals surface area contributed by atoms with Gasteiger partial charge in [-0.05, 0) is 91.7 Å². The van der Waals surface area contributed by atoms with Gasteiger partial charge in [0.05, 0.1) is 22.4 Å². The van der Waals surface area contributed by atoms with Crippen LogP contribution in [0.4, 0.5) is 10.9 Å². The van der Waals surface area contributed by atoms with Crippen molar-refractivity contribution in [2.45, 2.75) is 59.0 Å². The Morgan fingerprint density at radius 2 is 1.77 bits per heavy atom. The number of carbonyl (C=O) groups is 1. The molecule has 1 aromatic carbocycles. The van der Waals surface area contributed by atoms with E-state index in [-0.39, 0.29) is 52.1 Å². The lowest BCUT2D eigenvalue weighted by molar-refractivity contribution is -0.566. The van der Waals surface area contributed by atoms with E-state index in [1.165, 1.54) is 17.6 Å². The first-order chi connectivity index (χ1) is 26.6. The van der Waals surface area contributed by atoms with Crippen molar-refractivity contribution in [3.63, 3.8) is 0 Å². The van der Waals surface area contributed by atoms with Crippen LogP contribution in [0.3, 0.4) is 0 Å². The van der Waals surface area contributed by atoms with E-state index in [0.717, 1.165) is 35.9 Å². The molecule has 0 aliphatic heterocycles. The number of benzene rings is 1. The summed E-state index contributed by atoms with van der Waals surface area (Å²) in [6, 6.07) is 11.2. The van der Waals surface area contributed by atoms with Crippen molar-refractivity contribution in [3.8, 4) is 0 Å². The number of nitrogens with zero attached hydrogens (tertiary/aromatic N) is 3. The number of rotatable bonds is 19. The largest absolute Gasteiger partial charge is 0.476 e. The van der Waals surface area contributed by atoms with E-state index in [4.69, 9.17) is 21.6 Å². The van der Waals surface area contributed by atoms with Gasteiger partial charge in [-0.1, -0.05) is 37.3 Å². The molecule has 4 aliphatic carbocycles. The predicted molar refractivity (Wildman–Crippen MR) is 220 cm³/mol. The zero-order valence-corrected chi connectivity index (χ0v) is 33.6. The Balaban J connectivity index is 1.04. The van der Waals surface area contributed by atoms with Crippen LogP contribution in [-0.2, 0) is 4.74 Å². The fourth-order valence-corrected chi connectivity index (χ4v) is 12.9. The Labute approximate surface area is 331 Å². The molecule has 4 saturated carbocycles. The minimum absolute atomic E-state index is 0.0535. The summed E-state index contributed by atoms with van der Waals surface area (Å²) in [5.41, 5.74) is 16.1. The number of allylic oxidation sites excluding steroid dienone is 4. The van der Waals surface area contributed by atoms with Crippen molar-refractivity contribution in [2.75, 3.05) is 56.7 Å². The predicted octanol–water partition coefficient (Wildman–Crippen LogP) is 4.44. The Kier molecular flexibility index (Phi) is 10.2. The molecule has 56 heavy (non-hydrogen) atoms. The number of nitrogens with one attached hydrogen (secondary N) is 4. The van der Waals surface area contributed by atoms with E-state index in [2.05, 4.69) is 39.8 Å². The highest BCUT2D eigenvalue weighted by molar-refractivity contribution is 7.22. The van der Waals surface area contributed by atoms with Gasteiger partial charge in [0.1, 0.15) is 17.5 Å². The molecule has 0 saturated heterocycles. The molecule has 11 N–H and O–H groups in total. The monoisotopic (exact) mass is 785 g/mol. The number of aliphatic hydroxyl groups excluding tert-OH is 2. The maximum absolute atomic E-state index is 12.6. The van der Waals surface area contributed by atoms with E-state index >= 15 is 0 Å². The van der Waals surface area contributed by atoms with Crippen LogP contribution in [0.15, 0.2) is 65.4 Å². The third-order valence-electron chi connectivity index (χ3n) is 13.4. The number of nitrogens with two attached hydrogens (primary N) is 2. The summed E-state index contributed by atoms with van der Waals surface area (Å²) in [7, 11) is 1.70. The lowest BCUT2D eigenvalue weighted by Crippen LogP contribution is -3.01. The summed E-state index contributed by atoms with van der Waals surface area (Å²) in [4.78, 5) is 23.3.